The average molecular weight is 401 g/mol. The Kier molecular flexibility index (Phi) is 6.67. The molecule has 0 atom stereocenters. The molecule has 1 aliphatic rings. The van der Waals surface area contributed by atoms with Crippen LogP contribution in [0.2, 0.25) is 0 Å². The molecule has 2 N–H and O–H groups in total. The van der Waals surface area contributed by atoms with Gasteiger partial charge in [0.1, 0.15) is 11.5 Å². The van der Waals surface area contributed by atoms with Crippen molar-refractivity contribution in [3.63, 3.8) is 0 Å². The number of methoxy groups -OCH3 is 2. The molecule has 0 aromatic heterocycles. The summed E-state index contributed by atoms with van der Waals surface area (Å²) in [6.07, 6.45) is 0. The van der Waals surface area contributed by atoms with E-state index in [0.29, 0.717) is 30.3 Å². The molecule has 0 bridgehead atoms. The molecular weight excluding hydrogens is 378 g/mol. The minimum absolute atomic E-state index is 0.215. The predicted molar refractivity (Wildman–Crippen MR) is 113 cm³/mol. The number of hydrogen-bond acceptors (Lipinski definition) is 6. The lowest BCUT2D eigenvalue weighted by atomic mass is 10.2. The van der Waals surface area contributed by atoms with Crippen LogP contribution < -0.4 is 25.0 Å². The molecule has 2 aromatic carbocycles. The Morgan fingerprint density at radius 1 is 1.07 bits per heavy atom. The molecule has 1 amide bonds. The smallest absolute Gasteiger partial charge is 0.257 e. The number of ether oxygens (including phenoxy) is 3. The van der Waals surface area contributed by atoms with Crippen molar-refractivity contribution in [1.29, 1.82) is 0 Å². The van der Waals surface area contributed by atoms with Crippen molar-refractivity contribution in [3.8, 4) is 11.5 Å². The molecule has 148 valence electrons. The first-order valence-electron chi connectivity index (χ1n) is 8.88. The second-order valence-corrected chi connectivity index (χ2v) is 6.53. The van der Waals surface area contributed by atoms with Gasteiger partial charge in [-0.2, -0.15) is 0 Å². The first-order valence-corrected chi connectivity index (χ1v) is 9.28. The van der Waals surface area contributed by atoms with Crippen molar-refractivity contribution in [2.24, 2.45) is 0 Å². The fourth-order valence-electron chi connectivity index (χ4n) is 2.93. The van der Waals surface area contributed by atoms with Crippen LogP contribution in [0.1, 0.15) is 10.4 Å². The molecule has 0 saturated carbocycles. The maximum absolute atomic E-state index is 12.6. The van der Waals surface area contributed by atoms with Gasteiger partial charge < -0.3 is 24.4 Å². The van der Waals surface area contributed by atoms with Crippen LogP contribution in [0, 0.1) is 0 Å². The van der Waals surface area contributed by atoms with E-state index in [4.69, 9.17) is 26.4 Å². The number of nitrogens with zero attached hydrogens (tertiary/aromatic N) is 1. The molecule has 0 unspecified atom stereocenters. The van der Waals surface area contributed by atoms with Gasteiger partial charge >= 0.3 is 0 Å². The lowest BCUT2D eigenvalue weighted by Crippen LogP contribution is -2.38. The zero-order valence-electron chi connectivity index (χ0n) is 15.9. The summed E-state index contributed by atoms with van der Waals surface area (Å²) >= 11 is 5.35. The van der Waals surface area contributed by atoms with Crippen LogP contribution in [-0.2, 0) is 4.74 Å². The van der Waals surface area contributed by atoms with E-state index in [0.717, 1.165) is 24.5 Å². The van der Waals surface area contributed by atoms with Crippen LogP contribution in [0.3, 0.4) is 0 Å². The van der Waals surface area contributed by atoms with Crippen molar-refractivity contribution >= 4 is 34.6 Å². The molecule has 0 spiro atoms. The summed E-state index contributed by atoms with van der Waals surface area (Å²) in [6.45, 7) is 2.99. The van der Waals surface area contributed by atoms with Crippen LogP contribution in [0.25, 0.3) is 0 Å². The summed E-state index contributed by atoms with van der Waals surface area (Å²) in [6, 6.07) is 12.8. The van der Waals surface area contributed by atoms with Crippen molar-refractivity contribution in [2.75, 3.05) is 50.7 Å². The van der Waals surface area contributed by atoms with Crippen LogP contribution >= 0.6 is 12.2 Å². The number of benzene rings is 2. The standard InChI is InChI=1S/C20H23N3O4S/c1-25-15-11-14(12-16(13-15)26-2)19(24)22-20(28)21-17-5-3-4-6-18(17)23-7-9-27-10-8-23/h3-6,11-13H,7-10H2,1-2H3,(H2,21,22,24,28). The van der Waals surface area contributed by atoms with Gasteiger partial charge in [0.15, 0.2) is 5.11 Å². The topological polar surface area (TPSA) is 72.1 Å². The zero-order chi connectivity index (χ0) is 19.9. The Bertz CT molecular complexity index is 831. The largest absolute Gasteiger partial charge is 0.497 e. The molecule has 1 heterocycles. The number of amides is 1. The van der Waals surface area contributed by atoms with Crippen LogP contribution in [0.4, 0.5) is 11.4 Å². The molecular formula is C20H23N3O4S. The molecule has 1 saturated heterocycles. The fraction of sp³-hybridized carbons (Fsp3) is 0.300. The fourth-order valence-corrected chi connectivity index (χ4v) is 3.13. The van der Waals surface area contributed by atoms with Gasteiger partial charge in [0, 0.05) is 24.7 Å². The van der Waals surface area contributed by atoms with Crippen molar-refractivity contribution in [1.82, 2.24) is 5.32 Å². The third-order valence-corrected chi connectivity index (χ3v) is 4.55. The first-order chi connectivity index (χ1) is 13.6. The molecule has 28 heavy (non-hydrogen) atoms. The highest BCUT2D eigenvalue weighted by atomic mass is 32.1. The van der Waals surface area contributed by atoms with E-state index in [1.54, 1.807) is 18.2 Å². The Hall–Kier alpha value is -2.84. The van der Waals surface area contributed by atoms with E-state index >= 15 is 0 Å². The number of thiocarbonyl (C=S) groups is 1. The number of hydrogen-bond donors (Lipinski definition) is 2. The quantitative estimate of drug-likeness (QED) is 0.747. The lowest BCUT2D eigenvalue weighted by Gasteiger charge is -2.30. The summed E-state index contributed by atoms with van der Waals surface area (Å²) in [5, 5.41) is 6.04. The lowest BCUT2D eigenvalue weighted by molar-refractivity contribution is 0.0977. The van der Waals surface area contributed by atoms with Gasteiger partial charge in [-0.05, 0) is 36.5 Å². The van der Waals surface area contributed by atoms with Crippen molar-refractivity contribution in [2.45, 2.75) is 0 Å². The molecule has 7 nitrogen and oxygen atoms in total. The van der Waals surface area contributed by atoms with Gasteiger partial charge in [0.25, 0.3) is 5.91 Å². The Morgan fingerprint density at radius 2 is 1.71 bits per heavy atom. The van der Waals surface area contributed by atoms with E-state index < -0.39 is 0 Å². The number of para-hydroxylation sites is 2. The second kappa shape index (κ2) is 9.38. The van der Waals surface area contributed by atoms with Gasteiger partial charge in [-0.3, -0.25) is 10.1 Å². The van der Waals surface area contributed by atoms with E-state index in [2.05, 4.69) is 15.5 Å². The third-order valence-electron chi connectivity index (χ3n) is 4.34. The molecule has 8 heteroatoms. The van der Waals surface area contributed by atoms with Gasteiger partial charge in [0.2, 0.25) is 0 Å². The molecule has 0 aliphatic carbocycles. The van der Waals surface area contributed by atoms with Crippen LogP contribution in [0.15, 0.2) is 42.5 Å². The van der Waals surface area contributed by atoms with Gasteiger partial charge in [0.05, 0.1) is 38.8 Å². The zero-order valence-corrected chi connectivity index (χ0v) is 16.7. The average Bonchev–Trinajstić information content (AvgIpc) is 2.74. The molecule has 0 radical (unpaired) electrons. The van der Waals surface area contributed by atoms with E-state index in [-0.39, 0.29) is 11.0 Å². The summed E-state index contributed by atoms with van der Waals surface area (Å²) < 4.78 is 15.8. The first kappa shape index (κ1) is 19.9. The predicted octanol–water partition coefficient (Wildman–Crippen LogP) is 2.67. The SMILES string of the molecule is COc1cc(OC)cc(C(=O)NC(=S)Nc2ccccc2N2CCOCC2)c1. The molecule has 2 aromatic rings. The normalized spacial score (nSPS) is 13.6. The number of anilines is 2. The highest BCUT2D eigenvalue weighted by Crippen LogP contribution is 2.26. The van der Waals surface area contributed by atoms with Gasteiger partial charge in [-0.25, -0.2) is 0 Å². The number of morpholine rings is 1. The maximum Gasteiger partial charge on any atom is 0.257 e. The molecule has 1 fully saturated rings. The highest BCUT2D eigenvalue weighted by Gasteiger charge is 2.16. The van der Waals surface area contributed by atoms with E-state index in [9.17, 15) is 4.79 Å². The molecule has 1 aliphatic heterocycles. The highest BCUT2D eigenvalue weighted by molar-refractivity contribution is 7.80. The summed E-state index contributed by atoms with van der Waals surface area (Å²) in [7, 11) is 3.07. The van der Waals surface area contributed by atoms with Gasteiger partial charge in [-0.1, -0.05) is 12.1 Å². The number of rotatable bonds is 5. The number of carbonyl (C=O) groups is 1. The van der Waals surface area contributed by atoms with Crippen LogP contribution in [-0.4, -0.2) is 51.5 Å². The third kappa shape index (κ3) is 4.90. The van der Waals surface area contributed by atoms with Crippen molar-refractivity contribution < 1.29 is 19.0 Å². The van der Waals surface area contributed by atoms with Gasteiger partial charge in [-0.15, -0.1) is 0 Å². The Labute approximate surface area is 169 Å². The molecule has 3 rings (SSSR count). The van der Waals surface area contributed by atoms with Crippen molar-refractivity contribution in [3.05, 3.63) is 48.0 Å². The van der Waals surface area contributed by atoms with Crippen LogP contribution in [0.5, 0.6) is 11.5 Å². The Balaban J connectivity index is 1.70. The summed E-state index contributed by atoms with van der Waals surface area (Å²) in [5.74, 6) is 0.709. The van der Waals surface area contributed by atoms with E-state index in [1.165, 1.54) is 14.2 Å². The second-order valence-electron chi connectivity index (χ2n) is 6.13. The summed E-state index contributed by atoms with van der Waals surface area (Å²) in [4.78, 5) is 14.8. The minimum atomic E-state index is -0.349. The maximum atomic E-state index is 12.6. The minimum Gasteiger partial charge on any atom is -0.497 e. The Morgan fingerprint density at radius 3 is 2.36 bits per heavy atom. The summed E-state index contributed by atoms with van der Waals surface area (Å²) in [5.41, 5.74) is 2.24. The number of nitrogens with one attached hydrogen (secondary N) is 2. The van der Waals surface area contributed by atoms with E-state index in [1.807, 2.05) is 24.3 Å². The number of carbonyl (C=O) groups excluding carboxylic acids is 1. The monoisotopic (exact) mass is 401 g/mol.